The van der Waals surface area contributed by atoms with Crippen LogP contribution in [-0.2, 0) is 4.79 Å². The first-order valence-corrected chi connectivity index (χ1v) is 3.90. The quantitative estimate of drug-likeness (QED) is 0.485. The third-order valence-electron chi connectivity index (χ3n) is 2.50. The molecule has 1 fully saturated rings. The van der Waals surface area contributed by atoms with Crippen LogP contribution in [0.15, 0.2) is 12.2 Å². The minimum Gasteiger partial charge on any atom is -0.550 e. The highest BCUT2D eigenvalue weighted by Gasteiger charge is 2.31. The smallest absolute Gasteiger partial charge is 0.0464 e. The first-order chi connectivity index (χ1) is 5.27. The minimum atomic E-state index is -0.920. The number of carboxylic acids is 1. The maximum atomic E-state index is 10.6. The van der Waals surface area contributed by atoms with E-state index < -0.39 is 5.97 Å². The highest BCUT2D eigenvalue weighted by atomic mass is 16.4. The summed E-state index contributed by atoms with van der Waals surface area (Å²) in [6.07, 6.45) is 4.79. The summed E-state index contributed by atoms with van der Waals surface area (Å²) < 4.78 is 0. The summed E-state index contributed by atoms with van der Waals surface area (Å²) in [5.41, 5.74) is 0. The van der Waals surface area contributed by atoms with E-state index in [2.05, 4.69) is 11.4 Å². The van der Waals surface area contributed by atoms with Gasteiger partial charge < -0.3 is 15.2 Å². The van der Waals surface area contributed by atoms with Gasteiger partial charge in [0, 0.05) is 24.5 Å². The van der Waals surface area contributed by atoms with E-state index >= 15 is 0 Å². The van der Waals surface area contributed by atoms with Gasteiger partial charge in [-0.1, -0.05) is 12.2 Å². The molecule has 0 spiro atoms. The number of piperidine rings is 1. The molecular formula is C8H10NO2-. The van der Waals surface area contributed by atoms with Crippen LogP contribution < -0.4 is 10.4 Å². The normalized spacial score (nSPS) is 40.9. The number of carbonyl (C=O) groups is 1. The zero-order valence-corrected chi connectivity index (χ0v) is 6.12. The average molecular weight is 152 g/mol. The van der Waals surface area contributed by atoms with Gasteiger partial charge in [-0.25, -0.2) is 0 Å². The van der Waals surface area contributed by atoms with Gasteiger partial charge in [-0.2, -0.15) is 0 Å². The van der Waals surface area contributed by atoms with Gasteiger partial charge in [-0.05, 0) is 12.3 Å². The van der Waals surface area contributed by atoms with E-state index in [1.54, 1.807) is 0 Å². The lowest BCUT2D eigenvalue weighted by Gasteiger charge is -2.39. The molecular weight excluding hydrogens is 142 g/mol. The van der Waals surface area contributed by atoms with Crippen LogP contribution in [0, 0.1) is 11.8 Å². The van der Waals surface area contributed by atoms with Crippen LogP contribution in [0.25, 0.3) is 0 Å². The molecule has 3 unspecified atom stereocenters. The molecule has 0 radical (unpaired) electrons. The minimum absolute atomic E-state index is 0.0185. The number of carbonyl (C=O) groups excluding carboxylic acids is 1. The predicted molar refractivity (Wildman–Crippen MR) is 37.5 cm³/mol. The van der Waals surface area contributed by atoms with Crippen molar-refractivity contribution in [1.82, 2.24) is 5.32 Å². The third-order valence-corrected chi connectivity index (χ3v) is 2.50. The number of rotatable bonds is 1. The number of aliphatic carboxylic acids is 1. The molecule has 2 aliphatic heterocycles. The lowest BCUT2D eigenvalue weighted by atomic mass is 9.79. The zero-order valence-electron chi connectivity index (χ0n) is 6.12. The van der Waals surface area contributed by atoms with Crippen LogP contribution in [0.4, 0.5) is 0 Å². The standard InChI is InChI=1S/C8H11NO2/c10-8(11)6-3-5-1-2-7(6)9-4-5/h1-2,5-7,9H,3-4H2,(H,10,11)/p-1. The van der Waals surface area contributed by atoms with E-state index in [4.69, 9.17) is 0 Å². The van der Waals surface area contributed by atoms with Crippen molar-refractivity contribution < 1.29 is 9.90 Å². The number of nitrogens with one attached hydrogen (secondary N) is 1. The van der Waals surface area contributed by atoms with E-state index in [1.807, 2.05) is 6.08 Å². The Balaban J connectivity index is 2.17. The Morgan fingerprint density at radius 3 is 2.64 bits per heavy atom. The van der Waals surface area contributed by atoms with Gasteiger partial charge in [0.1, 0.15) is 0 Å². The van der Waals surface area contributed by atoms with Crippen molar-refractivity contribution in [2.75, 3.05) is 6.54 Å². The molecule has 2 heterocycles. The Bertz CT molecular complexity index is 212. The summed E-state index contributed by atoms with van der Waals surface area (Å²) in [5, 5.41) is 13.7. The molecule has 3 aliphatic rings. The summed E-state index contributed by atoms with van der Waals surface area (Å²) in [6.45, 7) is 0.922. The van der Waals surface area contributed by atoms with Gasteiger partial charge in [-0.15, -0.1) is 0 Å². The molecule has 1 aliphatic carbocycles. The molecule has 0 saturated carbocycles. The lowest BCUT2D eigenvalue weighted by molar-refractivity contribution is -0.313. The predicted octanol–water partition coefficient (Wildman–Crippen LogP) is -1.10. The van der Waals surface area contributed by atoms with Gasteiger partial charge in [-0.3, -0.25) is 0 Å². The van der Waals surface area contributed by atoms with E-state index in [9.17, 15) is 9.90 Å². The number of fused-ring (bicyclic) bond motifs is 2. The Morgan fingerprint density at radius 2 is 2.36 bits per heavy atom. The van der Waals surface area contributed by atoms with Crippen molar-refractivity contribution in [2.24, 2.45) is 11.8 Å². The Hall–Kier alpha value is -0.830. The van der Waals surface area contributed by atoms with E-state index in [1.165, 1.54) is 0 Å². The molecule has 3 heteroatoms. The molecule has 2 bridgehead atoms. The van der Waals surface area contributed by atoms with Gasteiger partial charge in [0.05, 0.1) is 0 Å². The van der Waals surface area contributed by atoms with E-state index in [0.717, 1.165) is 13.0 Å². The molecule has 1 saturated heterocycles. The molecule has 1 N–H and O–H groups in total. The van der Waals surface area contributed by atoms with E-state index in [0.29, 0.717) is 5.92 Å². The van der Waals surface area contributed by atoms with Crippen molar-refractivity contribution in [3.63, 3.8) is 0 Å². The second kappa shape index (κ2) is 2.34. The summed E-state index contributed by atoms with van der Waals surface area (Å²) in [6, 6.07) is 0.0185. The second-order valence-electron chi connectivity index (χ2n) is 3.24. The molecule has 0 amide bonds. The summed E-state index contributed by atoms with van der Waals surface area (Å²) in [4.78, 5) is 10.6. The SMILES string of the molecule is O=C([O-])C1CC2C=CC1NC2. The zero-order chi connectivity index (χ0) is 7.84. The van der Waals surface area contributed by atoms with Crippen LogP contribution in [0.1, 0.15) is 6.42 Å². The van der Waals surface area contributed by atoms with E-state index in [-0.39, 0.29) is 12.0 Å². The monoisotopic (exact) mass is 152 g/mol. The average Bonchev–Trinajstić information content (AvgIpc) is 2.06. The fourth-order valence-electron chi connectivity index (χ4n) is 1.85. The molecule has 3 rings (SSSR count). The van der Waals surface area contributed by atoms with Crippen LogP contribution in [0.3, 0.4) is 0 Å². The fraction of sp³-hybridized carbons (Fsp3) is 0.625. The highest BCUT2D eigenvalue weighted by molar-refractivity contribution is 5.69. The first-order valence-electron chi connectivity index (χ1n) is 3.90. The third kappa shape index (κ3) is 1.05. The number of hydrogen-bond acceptors (Lipinski definition) is 3. The molecule has 0 aromatic rings. The topological polar surface area (TPSA) is 52.2 Å². The summed E-state index contributed by atoms with van der Waals surface area (Å²) >= 11 is 0. The van der Waals surface area contributed by atoms with Crippen molar-refractivity contribution in [3.05, 3.63) is 12.2 Å². The lowest BCUT2D eigenvalue weighted by Crippen LogP contribution is -2.53. The molecule has 11 heavy (non-hydrogen) atoms. The molecule has 3 nitrogen and oxygen atoms in total. The molecule has 60 valence electrons. The molecule has 0 aromatic heterocycles. The number of carboxylic acid groups (broad SMARTS) is 1. The van der Waals surface area contributed by atoms with Crippen LogP contribution in [0.2, 0.25) is 0 Å². The van der Waals surface area contributed by atoms with Crippen LogP contribution in [-0.4, -0.2) is 18.6 Å². The first kappa shape index (κ1) is 6.85. The molecule has 0 aromatic carbocycles. The van der Waals surface area contributed by atoms with Crippen molar-refractivity contribution >= 4 is 5.97 Å². The van der Waals surface area contributed by atoms with Crippen molar-refractivity contribution in [3.8, 4) is 0 Å². The maximum absolute atomic E-state index is 10.6. The molecule has 3 atom stereocenters. The van der Waals surface area contributed by atoms with Crippen LogP contribution in [0.5, 0.6) is 0 Å². The summed E-state index contributed by atoms with van der Waals surface area (Å²) in [7, 11) is 0. The van der Waals surface area contributed by atoms with Gasteiger partial charge in [0.2, 0.25) is 0 Å². The maximum Gasteiger partial charge on any atom is 0.0464 e. The summed E-state index contributed by atoms with van der Waals surface area (Å²) in [5.74, 6) is -0.821. The largest absolute Gasteiger partial charge is 0.550 e. The van der Waals surface area contributed by atoms with Crippen molar-refractivity contribution in [2.45, 2.75) is 12.5 Å². The van der Waals surface area contributed by atoms with Gasteiger partial charge >= 0.3 is 0 Å². The Kier molecular flexibility index (Phi) is 1.46. The fourth-order valence-corrected chi connectivity index (χ4v) is 1.85. The van der Waals surface area contributed by atoms with Crippen LogP contribution >= 0.6 is 0 Å². The van der Waals surface area contributed by atoms with Gasteiger partial charge in [0.15, 0.2) is 0 Å². The Labute approximate surface area is 65.1 Å². The number of hydrogen-bond donors (Lipinski definition) is 1. The highest BCUT2D eigenvalue weighted by Crippen LogP contribution is 2.27. The Morgan fingerprint density at radius 1 is 1.55 bits per heavy atom. The van der Waals surface area contributed by atoms with Gasteiger partial charge in [0.25, 0.3) is 0 Å². The second-order valence-corrected chi connectivity index (χ2v) is 3.24. The van der Waals surface area contributed by atoms with Crippen molar-refractivity contribution in [1.29, 1.82) is 0 Å².